The van der Waals surface area contributed by atoms with Crippen LogP contribution in [0.4, 0.5) is 0 Å². The summed E-state index contributed by atoms with van der Waals surface area (Å²) in [7, 11) is -0.854. The normalized spacial score (nSPS) is 22.7. The molecule has 1 saturated heterocycles. The van der Waals surface area contributed by atoms with Crippen LogP contribution in [0, 0.1) is 5.92 Å². The van der Waals surface area contributed by atoms with Gasteiger partial charge in [0.2, 0.25) is 0 Å². The van der Waals surface area contributed by atoms with E-state index in [4.69, 9.17) is 0 Å². The number of rotatable bonds is 6. The first-order chi connectivity index (χ1) is 8.78. The minimum Gasteiger partial charge on any atom is -0.469 e. The predicted octanol–water partition coefficient (Wildman–Crippen LogP) is -0.571. The van der Waals surface area contributed by atoms with Gasteiger partial charge in [0.05, 0.1) is 19.6 Å². The zero-order valence-corrected chi connectivity index (χ0v) is 12.4. The van der Waals surface area contributed by atoms with Gasteiger partial charge in [0.25, 0.3) is 10.2 Å². The third kappa shape index (κ3) is 4.13. The molecule has 1 fully saturated rings. The summed E-state index contributed by atoms with van der Waals surface area (Å²) < 4.78 is 31.4. The van der Waals surface area contributed by atoms with Gasteiger partial charge in [0.15, 0.2) is 0 Å². The number of nitrogens with zero attached hydrogens (tertiary/aromatic N) is 2. The molecule has 2 unspecified atom stereocenters. The minimum absolute atomic E-state index is 0.0243. The molecule has 1 rings (SSSR count). The molecule has 0 amide bonds. The van der Waals surface area contributed by atoms with Crippen LogP contribution in [0.3, 0.4) is 0 Å². The number of carbonyl (C=O) groups excluding carboxylic acids is 1. The van der Waals surface area contributed by atoms with Crippen molar-refractivity contribution in [3.8, 4) is 0 Å². The molecule has 0 bridgehead atoms. The summed E-state index contributed by atoms with van der Waals surface area (Å²) in [6.07, 6.45) is 0.169. The Balaban J connectivity index is 2.58. The molecular weight excluding hydrogens is 272 g/mol. The first-order valence-corrected chi connectivity index (χ1v) is 7.65. The standard InChI is InChI=1S/C11H22N2O5S/c1-9(14)10-4-7-13(8-10)19(16,17)12(2)6-5-11(15)18-3/h9-10,14H,4-8H2,1-3H3. The van der Waals surface area contributed by atoms with Gasteiger partial charge in [0, 0.05) is 26.7 Å². The Kier molecular flexibility index (Phi) is 5.72. The molecule has 7 nitrogen and oxygen atoms in total. The lowest BCUT2D eigenvalue weighted by Gasteiger charge is -2.24. The highest BCUT2D eigenvalue weighted by atomic mass is 32.2. The van der Waals surface area contributed by atoms with Gasteiger partial charge in [-0.1, -0.05) is 0 Å². The van der Waals surface area contributed by atoms with E-state index in [9.17, 15) is 18.3 Å². The molecule has 112 valence electrons. The Morgan fingerprint density at radius 2 is 2.21 bits per heavy atom. The Morgan fingerprint density at radius 1 is 1.58 bits per heavy atom. The monoisotopic (exact) mass is 294 g/mol. The summed E-state index contributed by atoms with van der Waals surface area (Å²) >= 11 is 0. The van der Waals surface area contributed by atoms with Crippen molar-refractivity contribution in [2.24, 2.45) is 5.92 Å². The van der Waals surface area contributed by atoms with Crippen LogP contribution in [-0.4, -0.2) is 68.0 Å². The average Bonchev–Trinajstić information content (AvgIpc) is 2.85. The van der Waals surface area contributed by atoms with Gasteiger partial charge in [0.1, 0.15) is 0 Å². The fourth-order valence-electron chi connectivity index (χ4n) is 2.02. The van der Waals surface area contributed by atoms with Gasteiger partial charge in [-0.2, -0.15) is 17.0 Å². The highest BCUT2D eigenvalue weighted by Gasteiger charge is 2.35. The van der Waals surface area contributed by atoms with Crippen molar-refractivity contribution < 1.29 is 23.1 Å². The van der Waals surface area contributed by atoms with E-state index in [-0.39, 0.29) is 18.9 Å². The highest BCUT2D eigenvalue weighted by molar-refractivity contribution is 7.86. The summed E-state index contributed by atoms with van der Waals surface area (Å²) in [5.41, 5.74) is 0. The first-order valence-electron chi connectivity index (χ1n) is 6.25. The molecule has 1 aliphatic rings. The number of hydrogen-bond donors (Lipinski definition) is 1. The number of aliphatic hydroxyl groups is 1. The quantitative estimate of drug-likeness (QED) is 0.663. The fourth-order valence-corrected chi connectivity index (χ4v) is 3.45. The molecular formula is C11H22N2O5S. The lowest BCUT2D eigenvalue weighted by Crippen LogP contribution is -2.42. The highest BCUT2D eigenvalue weighted by Crippen LogP contribution is 2.23. The zero-order chi connectivity index (χ0) is 14.6. The lowest BCUT2D eigenvalue weighted by molar-refractivity contribution is -0.140. The van der Waals surface area contributed by atoms with Crippen molar-refractivity contribution in [2.75, 3.05) is 33.8 Å². The van der Waals surface area contributed by atoms with E-state index in [0.717, 1.165) is 4.31 Å². The summed E-state index contributed by atoms with van der Waals surface area (Å²) in [4.78, 5) is 11.0. The van der Waals surface area contributed by atoms with Crippen LogP contribution in [0.15, 0.2) is 0 Å². The van der Waals surface area contributed by atoms with Crippen LogP contribution in [0.5, 0.6) is 0 Å². The second-order valence-electron chi connectivity index (χ2n) is 4.80. The number of carbonyl (C=O) groups is 1. The Labute approximate surface area is 114 Å². The van der Waals surface area contributed by atoms with Crippen molar-refractivity contribution in [3.05, 3.63) is 0 Å². The van der Waals surface area contributed by atoms with Gasteiger partial charge in [-0.25, -0.2) is 0 Å². The molecule has 1 heterocycles. The summed E-state index contributed by atoms with van der Waals surface area (Å²) in [6, 6.07) is 0. The summed E-state index contributed by atoms with van der Waals surface area (Å²) in [5.74, 6) is -0.464. The fraction of sp³-hybridized carbons (Fsp3) is 0.909. The van der Waals surface area contributed by atoms with Crippen LogP contribution in [0.1, 0.15) is 19.8 Å². The molecule has 1 aliphatic heterocycles. The van der Waals surface area contributed by atoms with Crippen LogP contribution < -0.4 is 0 Å². The van der Waals surface area contributed by atoms with E-state index in [1.54, 1.807) is 6.92 Å². The third-order valence-corrected chi connectivity index (χ3v) is 5.40. The molecule has 8 heteroatoms. The van der Waals surface area contributed by atoms with E-state index in [1.807, 2.05) is 0 Å². The van der Waals surface area contributed by atoms with Gasteiger partial charge in [-0.05, 0) is 19.3 Å². The molecule has 0 aromatic carbocycles. The van der Waals surface area contributed by atoms with Gasteiger partial charge >= 0.3 is 5.97 Å². The van der Waals surface area contributed by atoms with E-state index in [0.29, 0.717) is 19.5 Å². The Morgan fingerprint density at radius 3 is 2.68 bits per heavy atom. The minimum atomic E-state index is -3.56. The van der Waals surface area contributed by atoms with Crippen molar-refractivity contribution >= 4 is 16.2 Å². The zero-order valence-electron chi connectivity index (χ0n) is 11.6. The van der Waals surface area contributed by atoms with Crippen molar-refractivity contribution in [2.45, 2.75) is 25.9 Å². The lowest BCUT2D eigenvalue weighted by atomic mass is 10.0. The number of methoxy groups -OCH3 is 1. The van der Waals surface area contributed by atoms with Crippen LogP contribution >= 0.6 is 0 Å². The molecule has 19 heavy (non-hydrogen) atoms. The molecule has 0 aliphatic carbocycles. The summed E-state index contributed by atoms with van der Waals surface area (Å²) in [5, 5.41) is 9.49. The molecule has 2 atom stereocenters. The predicted molar refractivity (Wildman–Crippen MR) is 69.5 cm³/mol. The van der Waals surface area contributed by atoms with Crippen molar-refractivity contribution in [1.82, 2.24) is 8.61 Å². The summed E-state index contributed by atoms with van der Waals surface area (Å²) in [6.45, 7) is 2.48. The van der Waals surface area contributed by atoms with E-state index < -0.39 is 22.3 Å². The molecule has 0 aromatic rings. The molecule has 0 saturated carbocycles. The Hall–Kier alpha value is -0.700. The SMILES string of the molecule is COC(=O)CCN(C)S(=O)(=O)N1CCC(C(C)O)C1. The van der Waals surface area contributed by atoms with E-state index >= 15 is 0 Å². The Bertz CT molecular complexity index is 409. The van der Waals surface area contributed by atoms with Crippen LogP contribution in [0.2, 0.25) is 0 Å². The molecule has 0 radical (unpaired) electrons. The van der Waals surface area contributed by atoms with Crippen molar-refractivity contribution in [1.29, 1.82) is 0 Å². The molecule has 0 aromatic heterocycles. The van der Waals surface area contributed by atoms with E-state index in [1.165, 1.54) is 18.5 Å². The molecule has 1 N–H and O–H groups in total. The first kappa shape index (κ1) is 16.4. The average molecular weight is 294 g/mol. The molecule has 0 spiro atoms. The number of aliphatic hydroxyl groups excluding tert-OH is 1. The van der Waals surface area contributed by atoms with Crippen LogP contribution in [0.25, 0.3) is 0 Å². The third-order valence-electron chi connectivity index (χ3n) is 3.45. The van der Waals surface area contributed by atoms with Gasteiger partial charge < -0.3 is 9.84 Å². The number of hydrogen-bond acceptors (Lipinski definition) is 5. The maximum atomic E-state index is 12.2. The van der Waals surface area contributed by atoms with Crippen LogP contribution in [-0.2, 0) is 19.7 Å². The smallest absolute Gasteiger partial charge is 0.306 e. The van der Waals surface area contributed by atoms with Gasteiger partial charge in [-0.15, -0.1) is 0 Å². The largest absolute Gasteiger partial charge is 0.469 e. The van der Waals surface area contributed by atoms with Crippen molar-refractivity contribution in [3.63, 3.8) is 0 Å². The number of ether oxygens (including phenoxy) is 1. The number of esters is 1. The van der Waals surface area contributed by atoms with Gasteiger partial charge in [-0.3, -0.25) is 4.79 Å². The topological polar surface area (TPSA) is 87.2 Å². The second-order valence-corrected chi connectivity index (χ2v) is 6.84. The maximum Gasteiger partial charge on any atom is 0.306 e. The maximum absolute atomic E-state index is 12.2. The second kappa shape index (κ2) is 6.65. The van der Waals surface area contributed by atoms with E-state index in [2.05, 4.69) is 4.74 Å².